The zero-order valence-corrected chi connectivity index (χ0v) is 15.7. The molecule has 0 nitrogen and oxygen atoms in total. The summed E-state index contributed by atoms with van der Waals surface area (Å²) in [5.74, 6) is 0. The summed E-state index contributed by atoms with van der Waals surface area (Å²) in [7, 11) is 3.44. The first kappa shape index (κ1) is 42.5. The third-order valence-electron chi connectivity index (χ3n) is 0. The second-order valence-corrected chi connectivity index (χ2v) is 0. The van der Waals surface area contributed by atoms with Crippen LogP contribution in [0.3, 0.4) is 0 Å². The summed E-state index contributed by atoms with van der Waals surface area (Å²) >= 11 is 0. The Labute approximate surface area is 138 Å². The first-order valence-electron chi connectivity index (χ1n) is 1.00. The Morgan fingerprint density at radius 1 is 1.14 bits per heavy atom. The average molecular weight is 539 g/mol. The van der Waals surface area contributed by atoms with Crippen LogP contribution in [-0.4, -0.2) is 34.9 Å². The van der Waals surface area contributed by atoms with Crippen molar-refractivity contribution in [3.05, 3.63) is 0 Å². The molecule has 0 saturated carbocycles. The van der Waals surface area contributed by atoms with Crippen LogP contribution in [0.5, 0.6) is 0 Å². The van der Waals surface area contributed by atoms with Gasteiger partial charge >= 0.3 is 0 Å². The molecular formula is H8AlBCeNbSiTiW. The van der Waals surface area contributed by atoms with Crippen LogP contribution < -0.4 is 0 Å². The third kappa shape index (κ3) is 38.2. The van der Waals surface area contributed by atoms with Crippen LogP contribution >= 0.6 is 0 Å². The summed E-state index contributed by atoms with van der Waals surface area (Å²) in [6, 6.07) is 0. The van der Waals surface area contributed by atoms with Crippen molar-refractivity contribution in [3.63, 3.8) is 0 Å². The zero-order chi connectivity index (χ0) is 2.00. The Morgan fingerprint density at radius 2 is 1.14 bits per heavy atom. The van der Waals surface area contributed by atoms with E-state index in [0.29, 0.717) is 0 Å². The van der Waals surface area contributed by atoms with E-state index in [1.54, 1.807) is 0 Å². The van der Waals surface area contributed by atoms with Gasteiger partial charge in [0.15, 0.2) is 17.4 Å². The van der Waals surface area contributed by atoms with Crippen molar-refractivity contribution in [3.8, 4) is 0 Å². The summed E-state index contributed by atoms with van der Waals surface area (Å²) in [6.45, 7) is 0. The van der Waals surface area contributed by atoms with Gasteiger partial charge in [-0.15, -0.1) is 0 Å². The second kappa shape index (κ2) is 47.9. The molecule has 1 radical (unpaired) electrons. The van der Waals surface area contributed by atoms with E-state index in [4.69, 9.17) is 0 Å². The van der Waals surface area contributed by atoms with E-state index in [2.05, 4.69) is 7.44 Å². The molecule has 0 aliphatic heterocycles. The van der Waals surface area contributed by atoms with Gasteiger partial charge in [-0.05, 0) is 10.1 Å². The minimum atomic E-state index is 0. The van der Waals surface area contributed by atoms with Crippen molar-refractivity contribution in [1.29, 1.82) is 0 Å². The average Bonchev–Trinajstić information content (AvgIpc) is 1.00. The molecule has 0 spiro atoms. The summed E-state index contributed by atoms with van der Waals surface area (Å²) in [6.07, 6.45) is 0. The van der Waals surface area contributed by atoms with Crippen molar-refractivity contribution in [2.45, 2.75) is 0 Å². The topological polar surface area (TPSA) is 0 Å². The molecule has 0 aliphatic rings. The van der Waals surface area contributed by atoms with Gasteiger partial charge in [-0.3, -0.25) is 0 Å². The van der Waals surface area contributed by atoms with E-state index in [-0.39, 0.29) is 124 Å². The zero-order valence-electron chi connectivity index (χ0n) is 3.86. The van der Waals surface area contributed by atoms with Gasteiger partial charge < -0.3 is 0 Å². The molecular weight excluding hydrogens is 531 g/mol. The van der Waals surface area contributed by atoms with Gasteiger partial charge in [0.1, 0.15) is 0 Å². The van der Waals surface area contributed by atoms with Crippen LogP contribution in [-0.2, 0) is 65.2 Å². The van der Waals surface area contributed by atoms with Gasteiger partial charge in [-0.2, -0.15) is 0 Å². The van der Waals surface area contributed by atoms with Gasteiger partial charge in [0.05, 0.1) is 7.44 Å². The molecule has 0 bridgehead atoms. The van der Waals surface area contributed by atoms with Gasteiger partial charge in [-0.25, -0.2) is 0 Å². The number of hydrogen-bond donors (Lipinski definition) is 0. The van der Waals surface area contributed by atoms with E-state index in [1.807, 2.05) is 0 Å². The normalized spacial score (nSPS) is 1.14. The fourth-order valence-electron chi connectivity index (χ4n) is 0. The van der Waals surface area contributed by atoms with E-state index in [1.165, 1.54) is 10.1 Å². The van der Waals surface area contributed by atoms with Gasteiger partial charge in [0, 0.05) is 107 Å². The first-order chi connectivity index (χ1) is 1.00. The minimum Gasteiger partial charge on any atom is -0.0304 e. The van der Waals surface area contributed by atoms with Crippen LogP contribution in [0, 0.1) is 41.7 Å². The molecule has 0 heterocycles. The summed E-state index contributed by atoms with van der Waals surface area (Å²) in [5.41, 5.74) is 0. The van der Waals surface area contributed by atoms with E-state index >= 15 is 0 Å². The fraction of sp³-hybridized carbons (Fsp3) is 0. The van der Waals surface area contributed by atoms with Crippen molar-refractivity contribution in [2.75, 3.05) is 0 Å². The van der Waals surface area contributed by atoms with Crippen molar-refractivity contribution in [2.24, 2.45) is 0 Å². The fourth-order valence-corrected chi connectivity index (χ4v) is 0. The molecule has 0 aromatic carbocycles. The molecule has 7 heavy (non-hydrogen) atoms. The Morgan fingerprint density at radius 3 is 1.14 bits per heavy atom. The molecule has 0 rings (SSSR count). The van der Waals surface area contributed by atoms with Gasteiger partial charge in [0.25, 0.3) is 0 Å². The second-order valence-electron chi connectivity index (χ2n) is 0. The van der Waals surface area contributed by atoms with Crippen LogP contribution in [0.4, 0.5) is 0 Å². The molecule has 0 atom stereocenters. The van der Waals surface area contributed by atoms with Crippen LogP contribution in [0.25, 0.3) is 0 Å². The summed E-state index contributed by atoms with van der Waals surface area (Å²) in [4.78, 5) is 0. The molecule has 0 N–H and O–H groups in total. The quantitative estimate of drug-likeness (QED) is 0.284. The predicted molar refractivity (Wildman–Crippen MR) is 28.4 cm³/mol. The standard InChI is InChI=1S/Al.BH5Si.Ce.Nb.Ti.W.3H/c;1-2;;;;;;;/h;1H2,2H3;;;;;;;. The number of rotatable bonds is 0. The minimum absolute atomic E-state index is 0. The molecule has 0 fully saturated rings. The molecule has 0 aromatic heterocycles. The molecule has 0 unspecified atom stereocenters. The van der Waals surface area contributed by atoms with Crippen LogP contribution in [0.1, 0.15) is 0 Å². The Hall–Kier alpha value is 4.33. The molecule has 0 saturated heterocycles. The smallest absolute Gasteiger partial charge is 0.0304 e. The van der Waals surface area contributed by atoms with Crippen LogP contribution in [0.2, 0.25) is 0 Å². The van der Waals surface area contributed by atoms with E-state index in [9.17, 15) is 0 Å². The van der Waals surface area contributed by atoms with E-state index < -0.39 is 0 Å². The Bertz CT molecular complexity index is 19.7. The SMILES string of the molecule is B[SiH3].[AlH3].[Ce].[Nb].[Ti].[W]. The maximum atomic E-state index is 2.14. The summed E-state index contributed by atoms with van der Waals surface area (Å²) < 4.78 is 0. The third-order valence-corrected chi connectivity index (χ3v) is 0. The maximum absolute atomic E-state index is 2.14. The van der Waals surface area contributed by atoms with Gasteiger partial charge in [-0.1, -0.05) is 0 Å². The number of hydrogen-bond acceptors (Lipinski definition) is 0. The van der Waals surface area contributed by atoms with Crippen molar-refractivity contribution in [1.82, 2.24) is 0 Å². The molecule has 0 aliphatic carbocycles. The monoisotopic (exact) mass is 539 g/mol. The molecule has 0 amide bonds. The van der Waals surface area contributed by atoms with Crippen molar-refractivity contribution >= 4 is 34.9 Å². The predicted octanol–water partition coefficient (Wildman–Crippen LogP) is -3.29. The Balaban J connectivity index is -0.000000000500. The Kier molecular flexibility index (Phi) is 291. The van der Waals surface area contributed by atoms with Gasteiger partial charge in [0.2, 0.25) is 0 Å². The molecule has 7 heteroatoms. The van der Waals surface area contributed by atoms with Crippen molar-refractivity contribution < 1.29 is 107 Å². The maximum Gasteiger partial charge on any atom is 0.187 e. The first-order valence-corrected chi connectivity index (χ1v) is 3.00. The van der Waals surface area contributed by atoms with E-state index in [0.717, 1.165) is 0 Å². The largest absolute Gasteiger partial charge is 0.187 e. The molecule has 0 aromatic rings. The summed E-state index contributed by atoms with van der Waals surface area (Å²) in [5, 5.41) is 0. The van der Waals surface area contributed by atoms with Crippen LogP contribution in [0.15, 0.2) is 0 Å². The molecule has 37 valence electrons.